The van der Waals surface area contributed by atoms with E-state index in [2.05, 4.69) is 6.08 Å². The highest BCUT2D eigenvalue weighted by atomic mass is 16.8. The minimum atomic E-state index is -0.586. The Balaban J connectivity index is 2.07. The molecule has 2 saturated heterocycles. The van der Waals surface area contributed by atoms with Crippen LogP contribution in [0.1, 0.15) is 27.2 Å². The van der Waals surface area contributed by atoms with Gasteiger partial charge in [-0.15, -0.1) is 0 Å². The van der Waals surface area contributed by atoms with Crippen LogP contribution in [0, 0.1) is 0 Å². The van der Waals surface area contributed by atoms with Gasteiger partial charge in [0.05, 0.1) is 6.10 Å². The smallest absolute Gasteiger partial charge is 0.186 e. The molecule has 2 rings (SSSR count). The molecule has 0 bridgehead atoms. The molecule has 2 N–H and O–H groups in total. The first-order valence-corrected chi connectivity index (χ1v) is 7.06. The summed E-state index contributed by atoms with van der Waals surface area (Å²) in [7, 11) is 1.63. The zero-order chi connectivity index (χ0) is 14.8. The molecule has 20 heavy (non-hydrogen) atoms. The van der Waals surface area contributed by atoms with Crippen LogP contribution in [0.25, 0.3) is 0 Å². The summed E-state index contributed by atoms with van der Waals surface area (Å²) >= 11 is 0. The van der Waals surface area contributed by atoms with Gasteiger partial charge in [-0.25, -0.2) is 0 Å². The van der Waals surface area contributed by atoms with Crippen molar-refractivity contribution in [1.82, 2.24) is 0 Å². The zero-order valence-electron chi connectivity index (χ0n) is 12.7. The van der Waals surface area contributed by atoms with Gasteiger partial charge in [0, 0.05) is 20.1 Å². The maximum Gasteiger partial charge on any atom is 0.186 e. The van der Waals surface area contributed by atoms with Crippen LogP contribution in [-0.2, 0) is 18.9 Å². The Bertz CT molecular complexity index is 391. The van der Waals surface area contributed by atoms with Gasteiger partial charge >= 0.3 is 0 Å². The lowest BCUT2D eigenvalue weighted by atomic mass is 10.0. The average molecular weight is 283 g/mol. The topological polar surface area (TPSA) is 62.9 Å². The molecule has 0 saturated carbocycles. The van der Waals surface area contributed by atoms with E-state index in [1.54, 1.807) is 7.11 Å². The standard InChI is InChI=1S/C15H25NO4/c1-5-10(7-6-8-16)9-11-12-13(14(17-4)18-11)20-15(2,3)19-12/h5-7,11-14H,8-9,16H2,1-4H3/b7-6-,10-5+. The first-order chi connectivity index (χ1) is 9.50. The van der Waals surface area contributed by atoms with E-state index in [4.69, 9.17) is 24.7 Å². The van der Waals surface area contributed by atoms with Crippen LogP contribution in [0.4, 0.5) is 0 Å². The molecule has 0 aromatic carbocycles. The molecular formula is C15H25NO4. The Morgan fingerprint density at radius 3 is 2.60 bits per heavy atom. The predicted molar refractivity (Wildman–Crippen MR) is 76.1 cm³/mol. The van der Waals surface area contributed by atoms with E-state index in [0.717, 1.165) is 6.42 Å². The normalized spacial score (nSPS) is 36.8. The monoisotopic (exact) mass is 283 g/mol. The molecule has 0 radical (unpaired) electrons. The Kier molecular flexibility index (Phi) is 4.99. The quantitative estimate of drug-likeness (QED) is 0.779. The van der Waals surface area contributed by atoms with Crippen molar-refractivity contribution in [3.63, 3.8) is 0 Å². The molecule has 0 aromatic heterocycles. The van der Waals surface area contributed by atoms with E-state index in [1.165, 1.54) is 5.57 Å². The molecule has 4 unspecified atom stereocenters. The van der Waals surface area contributed by atoms with Crippen molar-refractivity contribution < 1.29 is 18.9 Å². The fraction of sp³-hybridized carbons (Fsp3) is 0.733. The van der Waals surface area contributed by atoms with Crippen LogP contribution in [0.5, 0.6) is 0 Å². The van der Waals surface area contributed by atoms with Crippen molar-refractivity contribution in [3.05, 3.63) is 23.8 Å². The average Bonchev–Trinajstić information content (AvgIpc) is 2.88. The lowest BCUT2D eigenvalue weighted by molar-refractivity contribution is -0.226. The minimum Gasteiger partial charge on any atom is -0.353 e. The van der Waals surface area contributed by atoms with Gasteiger partial charge in [0.25, 0.3) is 0 Å². The van der Waals surface area contributed by atoms with Crippen molar-refractivity contribution in [2.24, 2.45) is 5.73 Å². The number of hydrogen-bond donors (Lipinski definition) is 1. The molecule has 2 aliphatic heterocycles. The minimum absolute atomic E-state index is 0.0691. The van der Waals surface area contributed by atoms with Crippen LogP contribution < -0.4 is 5.73 Å². The van der Waals surface area contributed by atoms with Crippen molar-refractivity contribution >= 4 is 0 Å². The van der Waals surface area contributed by atoms with Crippen molar-refractivity contribution in [2.45, 2.75) is 57.6 Å². The molecule has 5 heteroatoms. The number of rotatable bonds is 5. The summed E-state index contributed by atoms with van der Waals surface area (Å²) in [6.45, 7) is 6.37. The molecule has 0 amide bonds. The van der Waals surface area contributed by atoms with Crippen molar-refractivity contribution in [1.29, 1.82) is 0 Å². The molecular weight excluding hydrogens is 258 g/mol. The number of fused-ring (bicyclic) bond motifs is 1. The maximum atomic E-state index is 5.96. The van der Waals surface area contributed by atoms with Gasteiger partial charge in [-0.1, -0.05) is 18.2 Å². The summed E-state index contributed by atoms with van der Waals surface area (Å²) in [5.41, 5.74) is 6.66. The molecule has 0 aromatic rings. The molecule has 2 heterocycles. The van der Waals surface area contributed by atoms with Crippen LogP contribution in [0.2, 0.25) is 0 Å². The van der Waals surface area contributed by atoms with E-state index in [1.807, 2.05) is 32.9 Å². The van der Waals surface area contributed by atoms with E-state index >= 15 is 0 Å². The number of nitrogens with two attached hydrogens (primary N) is 1. The van der Waals surface area contributed by atoms with Crippen LogP contribution in [0.15, 0.2) is 23.8 Å². The Morgan fingerprint density at radius 2 is 2.00 bits per heavy atom. The number of hydrogen-bond acceptors (Lipinski definition) is 5. The number of methoxy groups -OCH3 is 1. The second-order valence-corrected chi connectivity index (χ2v) is 5.55. The van der Waals surface area contributed by atoms with Crippen LogP contribution in [0.3, 0.4) is 0 Å². The lowest BCUT2D eigenvalue weighted by Gasteiger charge is -2.23. The van der Waals surface area contributed by atoms with E-state index in [-0.39, 0.29) is 24.6 Å². The number of allylic oxidation sites excluding steroid dienone is 2. The largest absolute Gasteiger partial charge is 0.353 e. The second-order valence-electron chi connectivity index (χ2n) is 5.55. The summed E-state index contributed by atoms with van der Waals surface area (Å²) in [6.07, 6.45) is 6.07. The summed E-state index contributed by atoms with van der Waals surface area (Å²) in [5, 5.41) is 0. The Morgan fingerprint density at radius 1 is 1.30 bits per heavy atom. The van der Waals surface area contributed by atoms with E-state index in [9.17, 15) is 0 Å². The first kappa shape index (κ1) is 15.7. The summed E-state index contributed by atoms with van der Waals surface area (Å²) in [6, 6.07) is 0. The van der Waals surface area contributed by atoms with Gasteiger partial charge in [0.1, 0.15) is 12.2 Å². The molecule has 2 aliphatic rings. The molecule has 4 atom stereocenters. The molecule has 5 nitrogen and oxygen atoms in total. The predicted octanol–water partition coefficient (Wildman–Crippen LogP) is 1.73. The molecule has 0 aliphatic carbocycles. The Hall–Kier alpha value is -0.720. The number of ether oxygens (including phenoxy) is 4. The van der Waals surface area contributed by atoms with E-state index < -0.39 is 5.79 Å². The zero-order valence-corrected chi connectivity index (χ0v) is 12.7. The summed E-state index contributed by atoms with van der Waals surface area (Å²) in [4.78, 5) is 0. The molecule has 2 fully saturated rings. The van der Waals surface area contributed by atoms with Gasteiger partial charge in [-0.05, 0) is 26.3 Å². The fourth-order valence-corrected chi connectivity index (χ4v) is 2.73. The first-order valence-electron chi connectivity index (χ1n) is 7.06. The second kappa shape index (κ2) is 6.37. The lowest BCUT2D eigenvalue weighted by Crippen LogP contribution is -2.30. The third-order valence-electron chi connectivity index (χ3n) is 3.62. The van der Waals surface area contributed by atoms with E-state index in [0.29, 0.717) is 6.54 Å². The van der Waals surface area contributed by atoms with Crippen molar-refractivity contribution in [3.8, 4) is 0 Å². The third-order valence-corrected chi connectivity index (χ3v) is 3.62. The van der Waals surface area contributed by atoms with Gasteiger partial charge < -0.3 is 24.7 Å². The van der Waals surface area contributed by atoms with Crippen LogP contribution in [-0.4, -0.2) is 44.0 Å². The molecule has 0 spiro atoms. The Labute approximate surface area is 120 Å². The highest BCUT2D eigenvalue weighted by Gasteiger charge is 2.55. The third kappa shape index (κ3) is 3.30. The fourth-order valence-electron chi connectivity index (χ4n) is 2.73. The highest BCUT2D eigenvalue weighted by Crippen LogP contribution is 2.40. The maximum absolute atomic E-state index is 5.96. The SMILES string of the molecule is C/C=C(\C=C/CN)CC1OC(OC)C2OC(C)(C)OC12. The van der Waals surface area contributed by atoms with Gasteiger partial charge in [0.15, 0.2) is 12.1 Å². The summed E-state index contributed by atoms with van der Waals surface area (Å²) < 4.78 is 23.1. The summed E-state index contributed by atoms with van der Waals surface area (Å²) in [5.74, 6) is -0.586. The van der Waals surface area contributed by atoms with Gasteiger partial charge in [-0.3, -0.25) is 0 Å². The van der Waals surface area contributed by atoms with Gasteiger partial charge in [-0.2, -0.15) is 0 Å². The highest BCUT2D eigenvalue weighted by molar-refractivity contribution is 5.20. The van der Waals surface area contributed by atoms with Gasteiger partial charge in [0.2, 0.25) is 0 Å². The van der Waals surface area contributed by atoms with Crippen molar-refractivity contribution in [2.75, 3.05) is 13.7 Å². The van der Waals surface area contributed by atoms with Crippen LogP contribution >= 0.6 is 0 Å². The molecule has 114 valence electrons.